The van der Waals surface area contributed by atoms with Crippen LogP contribution in [0.5, 0.6) is 5.75 Å². The molecule has 122 valence electrons. The van der Waals surface area contributed by atoms with Gasteiger partial charge >= 0.3 is 0 Å². The van der Waals surface area contributed by atoms with Crippen LogP contribution >= 0.6 is 0 Å². The van der Waals surface area contributed by atoms with Crippen LogP contribution in [-0.4, -0.2) is 27.4 Å². The number of pyridine rings is 1. The third-order valence-electron chi connectivity index (χ3n) is 4.08. The number of nitrogens with zero attached hydrogens (tertiary/aromatic N) is 3. The molecule has 1 aromatic heterocycles. The molecule has 1 aromatic carbocycles. The molecule has 0 fully saturated rings. The molecule has 2 aromatic rings. The predicted octanol–water partition coefficient (Wildman–Crippen LogP) is 2.57. The van der Waals surface area contributed by atoms with E-state index in [0.717, 1.165) is 28.1 Å². The fourth-order valence-electron chi connectivity index (χ4n) is 2.84. The van der Waals surface area contributed by atoms with Crippen LogP contribution in [0.15, 0.2) is 64.7 Å². The van der Waals surface area contributed by atoms with E-state index in [1.165, 1.54) is 0 Å². The van der Waals surface area contributed by atoms with E-state index in [4.69, 9.17) is 5.73 Å². The highest BCUT2D eigenvalue weighted by Crippen LogP contribution is 2.38. The summed E-state index contributed by atoms with van der Waals surface area (Å²) in [6.07, 6.45) is 7.17. The molecule has 6 nitrogen and oxygen atoms in total. The number of hydrogen-bond donors (Lipinski definition) is 2. The minimum absolute atomic E-state index is 0.168. The fraction of sp³-hybridized carbons (Fsp3) is 0.0526. The molecule has 0 radical (unpaired) electrons. The molecule has 1 amide bonds. The van der Waals surface area contributed by atoms with Crippen molar-refractivity contribution in [1.29, 1.82) is 0 Å². The van der Waals surface area contributed by atoms with E-state index in [1.54, 1.807) is 18.3 Å². The first-order chi connectivity index (χ1) is 12.1. The van der Waals surface area contributed by atoms with Gasteiger partial charge in [-0.1, -0.05) is 18.2 Å². The minimum Gasteiger partial charge on any atom is -0.508 e. The van der Waals surface area contributed by atoms with Crippen molar-refractivity contribution < 1.29 is 9.90 Å². The van der Waals surface area contributed by atoms with Gasteiger partial charge in [0, 0.05) is 22.9 Å². The summed E-state index contributed by atoms with van der Waals surface area (Å²) < 4.78 is 0. The van der Waals surface area contributed by atoms with E-state index in [1.807, 2.05) is 36.4 Å². The monoisotopic (exact) mass is 330 g/mol. The van der Waals surface area contributed by atoms with Crippen LogP contribution in [0.2, 0.25) is 0 Å². The van der Waals surface area contributed by atoms with E-state index in [-0.39, 0.29) is 11.4 Å². The second kappa shape index (κ2) is 5.83. The molecule has 0 unspecified atom stereocenters. The molecule has 4 rings (SSSR count). The van der Waals surface area contributed by atoms with Crippen LogP contribution in [0.1, 0.15) is 21.6 Å². The first kappa shape index (κ1) is 15.0. The number of rotatable bonds is 3. The Balaban J connectivity index is 1.69. The van der Waals surface area contributed by atoms with Gasteiger partial charge in [-0.05, 0) is 30.4 Å². The Bertz CT molecular complexity index is 1020. The number of carbonyl (C=O) groups is 1. The van der Waals surface area contributed by atoms with Gasteiger partial charge in [0.2, 0.25) is 0 Å². The van der Waals surface area contributed by atoms with Crippen molar-refractivity contribution in [3.8, 4) is 5.75 Å². The van der Waals surface area contributed by atoms with Crippen LogP contribution in [0.3, 0.4) is 0 Å². The number of aromatic hydroxyl groups is 1. The number of phenolic OH excluding ortho intramolecular Hbond substituents is 1. The van der Waals surface area contributed by atoms with E-state index >= 15 is 0 Å². The van der Waals surface area contributed by atoms with Crippen molar-refractivity contribution in [2.45, 2.75) is 6.54 Å². The summed E-state index contributed by atoms with van der Waals surface area (Å²) in [5.41, 5.74) is 10.0. The maximum absolute atomic E-state index is 11.5. The molecule has 0 saturated carbocycles. The molecular weight excluding hydrogens is 316 g/mol. The molecular formula is C19H14N4O2. The lowest BCUT2D eigenvalue weighted by Crippen LogP contribution is -2.13. The number of amides is 1. The van der Waals surface area contributed by atoms with Gasteiger partial charge in [-0.2, -0.15) is 0 Å². The third kappa shape index (κ3) is 2.63. The average Bonchev–Trinajstić information content (AvgIpc) is 2.99. The number of allylic oxidation sites excluding steroid dienone is 4. The van der Waals surface area contributed by atoms with Gasteiger partial charge in [0.15, 0.2) is 5.69 Å². The first-order valence-corrected chi connectivity index (χ1v) is 7.73. The molecule has 2 heterocycles. The molecule has 25 heavy (non-hydrogen) atoms. The van der Waals surface area contributed by atoms with Gasteiger partial charge in [0.25, 0.3) is 5.91 Å². The Hall–Kier alpha value is -3.54. The summed E-state index contributed by atoms with van der Waals surface area (Å²) in [6.45, 7) is 0.373. The Morgan fingerprint density at radius 2 is 2.04 bits per heavy atom. The van der Waals surface area contributed by atoms with E-state index in [0.29, 0.717) is 12.2 Å². The summed E-state index contributed by atoms with van der Waals surface area (Å²) in [5.74, 6) is -0.372. The number of nitrogens with two attached hydrogens (primary N) is 1. The van der Waals surface area contributed by atoms with Gasteiger partial charge in [0.05, 0.1) is 18.0 Å². The topological polar surface area (TPSA) is 101 Å². The number of carbonyl (C=O) groups excluding carboxylic acids is 1. The SMILES string of the molecule is NC(=O)c1nccc2c1N=C1C=CC(=NCc3ccccc3O)C=C12. The van der Waals surface area contributed by atoms with E-state index in [9.17, 15) is 9.90 Å². The Labute approximate surface area is 143 Å². The molecule has 0 bridgehead atoms. The number of aliphatic imine (C=N–C) groups is 2. The van der Waals surface area contributed by atoms with E-state index in [2.05, 4.69) is 15.0 Å². The van der Waals surface area contributed by atoms with Crippen molar-refractivity contribution in [1.82, 2.24) is 4.98 Å². The summed E-state index contributed by atoms with van der Waals surface area (Å²) >= 11 is 0. The number of para-hydroxylation sites is 1. The number of primary amides is 1. The zero-order valence-corrected chi connectivity index (χ0v) is 13.2. The van der Waals surface area contributed by atoms with Gasteiger partial charge in [-0.25, -0.2) is 9.98 Å². The van der Waals surface area contributed by atoms with Crippen molar-refractivity contribution >= 4 is 28.6 Å². The third-order valence-corrected chi connectivity index (χ3v) is 4.08. The lowest BCUT2D eigenvalue weighted by atomic mass is 9.97. The number of phenols is 1. The minimum atomic E-state index is -0.599. The average molecular weight is 330 g/mol. The standard InChI is InChI=1S/C19H14N4O2/c20-19(25)18-17-13(7-8-21-18)14-9-12(5-6-15(14)23-17)22-10-11-3-1-2-4-16(11)24/h1-9,24H,10H2,(H2,20,25). The summed E-state index contributed by atoms with van der Waals surface area (Å²) in [4.78, 5) is 24.6. The quantitative estimate of drug-likeness (QED) is 0.846. The number of aromatic nitrogens is 1. The number of benzene rings is 1. The highest BCUT2D eigenvalue weighted by atomic mass is 16.3. The number of fused-ring (bicyclic) bond motifs is 3. The number of hydrogen-bond acceptors (Lipinski definition) is 5. The fourth-order valence-corrected chi connectivity index (χ4v) is 2.84. The van der Waals surface area contributed by atoms with Crippen molar-refractivity contribution in [2.24, 2.45) is 15.7 Å². The summed E-state index contributed by atoms with van der Waals surface area (Å²) in [7, 11) is 0. The Morgan fingerprint density at radius 3 is 2.84 bits per heavy atom. The second-order valence-corrected chi connectivity index (χ2v) is 5.68. The van der Waals surface area contributed by atoms with Crippen molar-refractivity contribution in [2.75, 3.05) is 0 Å². The van der Waals surface area contributed by atoms with Crippen LogP contribution in [-0.2, 0) is 6.54 Å². The zero-order chi connectivity index (χ0) is 17.4. The maximum Gasteiger partial charge on any atom is 0.269 e. The molecule has 0 spiro atoms. The van der Waals surface area contributed by atoms with Gasteiger partial charge in [-0.15, -0.1) is 0 Å². The van der Waals surface area contributed by atoms with Crippen LogP contribution in [0.4, 0.5) is 5.69 Å². The van der Waals surface area contributed by atoms with Crippen molar-refractivity contribution in [3.63, 3.8) is 0 Å². The highest BCUT2D eigenvalue weighted by Gasteiger charge is 2.26. The van der Waals surface area contributed by atoms with Crippen LogP contribution in [0, 0.1) is 0 Å². The molecule has 0 saturated heterocycles. The molecule has 6 heteroatoms. The van der Waals surface area contributed by atoms with Gasteiger partial charge in [-0.3, -0.25) is 9.79 Å². The smallest absolute Gasteiger partial charge is 0.269 e. The first-order valence-electron chi connectivity index (χ1n) is 7.73. The summed E-state index contributed by atoms with van der Waals surface area (Å²) in [5, 5.41) is 9.83. The molecule has 3 N–H and O–H groups in total. The highest BCUT2D eigenvalue weighted by molar-refractivity contribution is 6.40. The second-order valence-electron chi connectivity index (χ2n) is 5.68. The Kier molecular flexibility index (Phi) is 3.50. The Morgan fingerprint density at radius 1 is 1.20 bits per heavy atom. The maximum atomic E-state index is 11.5. The molecule has 0 atom stereocenters. The van der Waals surface area contributed by atoms with E-state index < -0.39 is 5.91 Å². The molecule has 2 aliphatic rings. The summed E-state index contributed by atoms with van der Waals surface area (Å²) in [6, 6.07) is 8.92. The lowest BCUT2D eigenvalue weighted by Gasteiger charge is -2.08. The predicted molar refractivity (Wildman–Crippen MR) is 96.2 cm³/mol. The van der Waals surface area contributed by atoms with Crippen LogP contribution < -0.4 is 5.73 Å². The normalized spacial score (nSPS) is 16.2. The lowest BCUT2D eigenvalue weighted by molar-refractivity contribution is 0.0996. The van der Waals surface area contributed by atoms with Gasteiger partial charge in [0.1, 0.15) is 11.4 Å². The van der Waals surface area contributed by atoms with Crippen LogP contribution in [0.25, 0.3) is 5.57 Å². The van der Waals surface area contributed by atoms with Gasteiger partial charge < -0.3 is 10.8 Å². The molecule has 1 aliphatic heterocycles. The molecule has 1 aliphatic carbocycles. The zero-order valence-electron chi connectivity index (χ0n) is 13.2. The largest absolute Gasteiger partial charge is 0.508 e. The van der Waals surface area contributed by atoms with Crippen molar-refractivity contribution in [3.05, 3.63) is 71.6 Å².